The molecular formula is C16H33N3O4. The number of amides is 1. The van der Waals surface area contributed by atoms with Crippen molar-refractivity contribution in [3.05, 3.63) is 0 Å². The number of ether oxygens (including phenoxy) is 1. The maximum atomic E-state index is 11.5. The molecule has 0 saturated carbocycles. The van der Waals surface area contributed by atoms with Crippen molar-refractivity contribution in [1.29, 1.82) is 0 Å². The van der Waals surface area contributed by atoms with Crippen LogP contribution < -0.4 is 16.0 Å². The summed E-state index contributed by atoms with van der Waals surface area (Å²) in [5.74, 6) is -0.883. The number of aliphatic carboxylic acids is 1. The maximum Gasteiger partial charge on any atom is 0.303 e. The largest absolute Gasteiger partial charge is 0.481 e. The fraction of sp³-hybridized carbons (Fsp3) is 0.875. The number of carbonyl (C=O) groups excluding carboxylic acids is 1. The predicted molar refractivity (Wildman–Crippen MR) is 90.6 cm³/mol. The molecule has 0 aliphatic rings. The van der Waals surface area contributed by atoms with Gasteiger partial charge >= 0.3 is 5.97 Å². The predicted octanol–water partition coefficient (Wildman–Crippen LogP) is 0.742. The molecule has 1 unspecified atom stereocenters. The second-order valence-corrected chi connectivity index (χ2v) is 5.71. The minimum absolute atomic E-state index is 0.0849. The van der Waals surface area contributed by atoms with Crippen LogP contribution >= 0.6 is 0 Å². The molecule has 0 aromatic carbocycles. The molecule has 7 nitrogen and oxygen atoms in total. The van der Waals surface area contributed by atoms with Crippen molar-refractivity contribution in [2.75, 3.05) is 39.9 Å². The van der Waals surface area contributed by atoms with E-state index in [-0.39, 0.29) is 18.9 Å². The lowest BCUT2D eigenvalue weighted by Gasteiger charge is -2.13. The van der Waals surface area contributed by atoms with Crippen LogP contribution in [0.4, 0.5) is 0 Å². The SMILES string of the molecule is CNCCCNC(C)CCOCC(=O)NCCCCCC(=O)O. The molecule has 23 heavy (non-hydrogen) atoms. The molecule has 0 aromatic rings. The molecule has 0 aliphatic heterocycles. The number of rotatable bonds is 16. The molecule has 0 rings (SSSR count). The summed E-state index contributed by atoms with van der Waals surface area (Å²) >= 11 is 0. The highest BCUT2D eigenvalue weighted by atomic mass is 16.5. The molecule has 0 spiro atoms. The highest BCUT2D eigenvalue weighted by molar-refractivity contribution is 5.77. The minimum Gasteiger partial charge on any atom is -0.481 e. The minimum atomic E-state index is -0.770. The maximum absolute atomic E-state index is 11.5. The lowest BCUT2D eigenvalue weighted by Crippen LogP contribution is -2.31. The first-order chi connectivity index (χ1) is 11.1. The second-order valence-electron chi connectivity index (χ2n) is 5.71. The number of hydrogen-bond donors (Lipinski definition) is 4. The first-order valence-electron chi connectivity index (χ1n) is 8.50. The molecule has 0 aliphatic carbocycles. The van der Waals surface area contributed by atoms with Crippen molar-refractivity contribution in [2.24, 2.45) is 0 Å². The Balaban J connectivity index is 3.34. The van der Waals surface area contributed by atoms with Gasteiger partial charge in [0, 0.05) is 25.6 Å². The van der Waals surface area contributed by atoms with E-state index in [0.717, 1.165) is 38.8 Å². The summed E-state index contributed by atoms with van der Waals surface area (Å²) in [7, 11) is 1.94. The lowest BCUT2D eigenvalue weighted by molar-refractivity contribution is -0.137. The van der Waals surface area contributed by atoms with Crippen LogP contribution in [0.5, 0.6) is 0 Å². The Morgan fingerprint density at radius 1 is 1.09 bits per heavy atom. The third kappa shape index (κ3) is 17.0. The summed E-state index contributed by atoms with van der Waals surface area (Å²) in [5, 5.41) is 17.8. The lowest BCUT2D eigenvalue weighted by atomic mass is 10.2. The molecular weight excluding hydrogens is 298 g/mol. The van der Waals surface area contributed by atoms with E-state index in [2.05, 4.69) is 22.9 Å². The zero-order valence-electron chi connectivity index (χ0n) is 14.5. The molecule has 0 bridgehead atoms. The Hall–Kier alpha value is -1.18. The number of nitrogens with one attached hydrogen (secondary N) is 3. The van der Waals surface area contributed by atoms with Gasteiger partial charge in [0.1, 0.15) is 6.61 Å². The Bertz CT molecular complexity index is 314. The van der Waals surface area contributed by atoms with Gasteiger partial charge in [0.2, 0.25) is 5.91 Å². The van der Waals surface area contributed by atoms with E-state index >= 15 is 0 Å². The summed E-state index contributed by atoms with van der Waals surface area (Å²) < 4.78 is 5.36. The topological polar surface area (TPSA) is 99.7 Å². The first-order valence-corrected chi connectivity index (χ1v) is 8.50. The number of carboxylic acid groups (broad SMARTS) is 1. The van der Waals surface area contributed by atoms with Gasteiger partial charge in [-0.05, 0) is 52.7 Å². The van der Waals surface area contributed by atoms with E-state index in [9.17, 15) is 9.59 Å². The van der Waals surface area contributed by atoms with Gasteiger partial charge in [-0.2, -0.15) is 0 Å². The molecule has 136 valence electrons. The fourth-order valence-corrected chi connectivity index (χ4v) is 2.00. The highest BCUT2D eigenvalue weighted by Crippen LogP contribution is 1.98. The fourth-order valence-electron chi connectivity index (χ4n) is 2.00. The van der Waals surface area contributed by atoms with Gasteiger partial charge < -0.3 is 25.8 Å². The number of carboxylic acids is 1. The third-order valence-corrected chi connectivity index (χ3v) is 3.41. The smallest absolute Gasteiger partial charge is 0.303 e. The van der Waals surface area contributed by atoms with Crippen LogP contribution in [0.3, 0.4) is 0 Å². The summed E-state index contributed by atoms with van der Waals surface area (Å²) in [6.07, 6.45) is 4.43. The normalized spacial score (nSPS) is 12.1. The Morgan fingerprint density at radius 3 is 2.57 bits per heavy atom. The molecule has 1 amide bonds. The molecule has 0 saturated heterocycles. The monoisotopic (exact) mass is 331 g/mol. The standard InChI is InChI=1S/C16H33N3O4/c1-14(18-11-6-9-17-2)8-12-23-13-15(20)19-10-5-3-4-7-16(21)22/h14,17-18H,3-13H2,1-2H3,(H,19,20)(H,21,22). The van der Waals surface area contributed by atoms with E-state index in [4.69, 9.17) is 9.84 Å². The molecule has 0 heterocycles. The van der Waals surface area contributed by atoms with Crippen molar-refractivity contribution in [1.82, 2.24) is 16.0 Å². The second kappa shape index (κ2) is 15.7. The zero-order chi connectivity index (χ0) is 17.3. The van der Waals surface area contributed by atoms with E-state index in [1.807, 2.05) is 7.05 Å². The quantitative estimate of drug-likeness (QED) is 0.311. The van der Waals surface area contributed by atoms with Gasteiger partial charge in [0.15, 0.2) is 0 Å². The van der Waals surface area contributed by atoms with E-state index in [1.165, 1.54) is 0 Å². The zero-order valence-corrected chi connectivity index (χ0v) is 14.5. The number of carbonyl (C=O) groups is 2. The van der Waals surface area contributed by atoms with Crippen LogP contribution in [-0.2, 0) is 14.3 Å². The molecule has 1 atom stereocenters. The molecule has 4 N–H and O–H groups in total. The van der Waals surface area contributed by atoms with Gasteiger partial charge in [-0.15, -0.1) is 0 Å². The van der Waals surface area contributed by atoms with Crippen molar-refractivity contribution in [3.8, 4) is 0 Å². The Kier molecular flexibility index (Phi) is 14.9. The Morgan fingerprint density at radius 2 is 1.87 bits per heavy atom. The summed E-state index contributed by atoms with van der Waals surface area (Å²) in [5.41, 5.74) is 0. The van der Waals surface area contributed by atoms with Crippen LogP contribution in [0.1, 0.15) is 45.4 Å². The molecule has 0 fully saturated rings. The van der Waals surface area contributed by atoms with Crippen LogP contribution in [0, 0.1) is 0 Å². The first kappa shape index (κ1) is 21.8. The van der Waals surface area contributed by atoms with Crippen molar-refractivity contribution < 1.29 is 19.4 Å². The van der Waals surface area contributed by atoms with Gasteiger partial charge in [0.25, 0.3) is 0 Å². The third-order valence-electron chi connectivity index (χ3n) is 3.41. The average Bonchev–Trinajstić information content (AvgIpc) is 2.51. The summed E-state index contributed by atoms with van der Waals surface area (Å²) in [6.45, 7) is 5.32. The Labute approximate surface area is 139 Å². The van der Waals surface area contributed by atoms with Crippen LogP contribution in [0.25, 0.3) is 0 Å². The van der Waals surface area contributed by atoms with Crippen molar-refractivity contribution >= 4 is 11.9 Å². The van der Waals surface area contributed by atoms with E-state index in [1.54, 1.807) is 0 Å². The summed E-state index contributed by atoms with van der Waals surface area (Å²) in [4.78, 5) is 21.8. The number of unbranched alkanes of at least 4 members (excludes halogenated alkanes) is 2. The van der Waals surface area contributed by atoms with Gasteiger partial charge in [-0.1, -0.05) is 6.42 Å². The van der Waals surface area contributed by atoms with Crippen LogP contribution in [-0.4, -0.2) is 62.9 Å². The molecule has 0 aromatic heterocycles. The molecule has 0 radical (unpaired) electrons. The number of hydrogen-bond acceptors (Lipinski definition) is 5. The van der Waals surface area contributed by atoms with Crippen LogP contribution in [0.2, 0.25) is 0 Å². The van der Waals surface area contributed by atoms with Crippen molar-refractivity contribution in [2.45, 2.75) is 51.5 Å². The average molecular weight is 331 g/mol. The van der Waals surface area contributed by atoms with Gasteiger partial charge in [-0.3, -0.25) is 9.59 Å². The van der Waals surface area contributed by atoms with Gasteiger partial charge in [0.05, 0.1) is 0 Å². The molecule has 7 heteroatoms. The van der Waals surface area contributed by atoms with Crippen LogP contribution in [0.15, 0.2) is 0 Å². The van der Waals surface area contributed by atoms with E-state index in [0.29, 0.717) is 25.6 Å². The van der Waals surface area contributed by atoms with E-state index < -0.39 is 5.97 Å². The van der Waals surface area contributed by atoms with Crippen molar-refractivity contribution in [3.63, 3.8) is 0 Å². The highest BCUT2D eigenvalue weighted by Gasteiger charge is 2.04. The van der Waals surface area contributed by atoms with Gasteiger partial charge in [-0.25, -0.2) is 0 Å². The summed E-state index contributed by atoms with van der Waals surface area (Å²) in [6, 6.07) is 0.379.